The van der Waals surface area contributed by atoms with Crippen LogP contribution in [0.2, 0.25) is 0 Å². The maximum atomic E-state index is 12.7. The highest BCUT2D eigenvalue weighted by molar-refractivity contribution is 7.17. The first-order valence-corrected chi connectivity index (χ1v) is 9.22. The number of amides is 1. The maximum Gasteiger partial charge on any atom is 0.323 e. The van der Waals surface area contributed by atoms with Crippen molar-refractivity contribution in [1.29, 1.82) is 0 Å². The number of nitrogens with zero attached hydrogens (tertiary/aromatic N) is 3. The van der Waals surface area contributed by atoms with Gasteiger partial charge in [-0.2, -0.15) is 0 Å². The summed E-state index contributed by atoms with van der Waals surface area (Å²) in [5.41, 5.74) is 2.81. The van der Waals surface area contributed by atoms with E-state index >= 15 is 0 Å². The summed E-state index contributed by atoms with van der Waals surface area (Å²) in [4.78, 5) is 42.9. The minimum atomic E-state index is -0.251. The number of imidazole rings is 1. The Morgan fingerprint density at radius 1 is 1.19 bits per heavy atom. The van der Waals surface area contributed by atoms with E-state index in [1.54, 1.807) is 18.5 Å². The predicted molar refractivity (Wildman–Crippen MR) is 103 cm³/mol. The van der Waals surface area contributed by atoms with E-state index in [0.29, 0.717) is 34.2 Å². The summed E-state index contributed by atoms with van der Waals surface area (Å²) in [6.45, 7) is 2.30. The van der Waals surface area contributed by atoms with Crippen LogP contribution in [0.3, 0.4) is 0 Å². The van der Waals surface area contributed by atoms with Gasteiger partial charge in [0.05, 0.1) is 16.7 Å². The third-order valence-electron chi connectivity index (χ3n) is 4.03. The van der Waals surface area contributed by atoms with Crippen molar-refractivity contribution < 1.29 is 4.79 Å². The molecule has 3 aromatic heterocycles. The van der Waals surface area contributed by atoms with Gasteiger partial charge in [0.1, 0.15) is 4.88 Å². The zero-order valence-electron chi connectivity index (χ0n) is 14.4. The molecule has 0 saturated carbocycles. The molecule has 9 heteroatoms. The van der Waals surface area contributed by atoms with Crippen LogP contribution in [0, 0.1) is 0 Å². The van der Waals surface area contributed by atoms with Crippen molar-refractivity contribution in [2.45, 2.75) is 19.9 Å². The Hall–Kier alpha value is -3.33. The van der Waals surface area contributed by atoms with Gasteiger partial charge in [-0.05, 0) is 30.2 Å². The van der Waals surface area contributed by atoms with E-state index in [-0.39, 0.29) is 11.6 Å². The molecule has 3 heterocycles. The number of hydrogen-bond donors (Lipinski definition) is 3. The third kappa shape index (κ3) is 3.49. The van der Waals surface area contributed by atoms with Crippen LogP contribution in [0.15, 0.2) is 41.5 Å². The fourth-order valence-corrected chi connectivity index (χ4v) is 3.74. The first kappa shape index (κ1) is 17.1. The number of rotatable bonds is 5. The Morgan fingerprint density at radius 2 is 1.96 bits per heavy atom. The van der Waals surface area contributed by atoms with Crippen molar-refractivity contribution in [3.63, 3.8) is 0 Å². The summed E-state index contributed by atoms with van der Waals surface area (Å²) in [6.07, 6.45) is 3.94. The van der Waals surface area contributed by atoms with Crippen LogP contribution in [0.5, 0.6) is 0 Å². The maximum absolute atomic E-state index is 12.7. The SMILES string of the molecule is CCc1nc(-c2ncccn2)sc1C(=O)NCc1ccc2[nH]c(=O)[nH]c2c1. The summed E-state index contributed by atoms with van der Waals surface area (Å²) in [7, 11) is 0. The number of carbonyl (C=O) groups excluding carboxylic acids is 1. The Balaban J connectivity index is 1.53. The molecule has 0 unspecified atom stereocenters. The zero-order chi connectivity index (χ0) is 18.8. The fourth-order valence-electron chi connectivity index (χ4n) is 2.73. The first-order chi connectivity index (χ1) is 13.1. The van der Waals surface area contributed by atoms with Gasteiger partial charge in [0.25, 0.3) is 5.91 Å². The number of aryl methyl sites for hydroxylation is 1. The van der Waals surface area contributed by atoms with E-state index in [1.807, 2.05) is 25.1 Å². The molecule has 0 bridgehead atoms. The minimum Gasteiger partial charge on any atom is -0.347 e. The van der Waals surface area contributed by atoms with E-state index < -0.39 is 0 Å². The van der Waals surface area contributed by atoms with Crippen LogP contribution in [0.1, 0.15) is 27.9 Å². The lowest BCUT2D eigenvalue weighted by molar-refractivity contribution is 0.0954. The molecule has 4 aromatic rings. The van der Waals surface area contributed by atoms with Gasteiger partial charge >= 0.3 is 5.69 Å². The molecule has 8 nitrogen and oxygen atoms in total. The van der Waals surface area contributed by atoms with Crippen molar-refractivity contribution in [3.8, 4) is 10.8 Å². The van der Waals surface area contributed by atoms with Gasteiger partial charge in [-0.1, -0.05) is 13.0 Å². The van der Waals surface area contributed by atoms with E-state index in [2.05, 4.69) is 30.2 Å². The molecule has 0 atom stereocenters. The van der Waals surface area contributed by atoms with E-state index in [0.717, 1.165) is 16.8 Å². The van der Waals surface area contributed by atoms with Crippen LogP contribution in [0.25, 0.3) is 21.9 Å². The molecule has 0 spiro atoms. The molecular weight excluding hydrogens is 364 g/mol. The number of hydrogen-bond acceptors (Lipinski definition) is 6. The van der Waals surface area contributed by atoms with Gasteiger partial charge in [-0.25, -0.2) is 19.7 Å². The lowest BCUT2D eigenvalue weighted by atomic mass is 10.2. The molecule has 27 heavy (non-hydrogen) atoms. The Labute approximate surface area is 157 Å². The Bertz CT molecular complexity index is 1160. The molecule has 0 fully saturated rings. The number of carbonyl (C=O) groups is 1. The summed E-state index contributed by atoms with van der Waals surface area (Å²) >= 11 is 1.29. The van der Waals surface area contributed by atoms with E-state index in [4.69, 9.17) is 0 Å². The molecule has 0 aliphatic rings. The first-order valence-electron chi connectivity index (χ1n) is 8.40. The van der Waals surface area contributed by atoms with Crippen LogP contribution in [-0.4, -0.2) is 30.8 Å². The smallest absolute Gasteiger partial charge is 0.323 e. The second kappa shape index (κ2) is 7.12. The standard InChI is InChI=1S/C18H16N6O2S/c1-2-11-14(27-17(22-11)15-19-6-3-7-20-15)16(25)21-9-10-4-5-12-13(8-10)24-18(26)23-12/h3-8H,2,9H2,1H3,(H,21,25)(H2,23,24,26). The van der Waals surface area contributed by atoms with Gasteiger partial charge < -0.3 is 15.3 Å². The summed E-state index contributed by atoms with van der Waals surface area (Å²) in [6, 6.07) is 7.25. The molecule has 0 radical (unpaired) electrons. The molecule has 0 aliphatic heterocycles. The van der Waals surface area contributed by atoms with Crippen molar-refractivity contribution in [2.24, 2.45) is 0 Å². The average Bonchev–Trinajstić information content (AvgIpc) is 3.29. The molecule has 1 aromatic carbocycles. The third-order valence-corrected chi connectivity index (χ3v) is 5.12. The fraction of sp³-hybridized carbons (Fsp3) is 0.167. The van der Waals surface area contributed by atoms with Gasteiger partial charge in [-0.15, -0.1) is 11.3 Å². The van der Waals surface area contributed by atoms with Gasteiger partial charge in [0.15, 0.2) is 10.8 Å². The summed E-state index contributed by atoms with van der Waals surface area (Å²) < 4.78 is 0. The monoisotopic (exact) mass is 380 g/mol. The molecule has 0 aliphatic carbocycles. The molecule has 3 N–H and O–H groups in total. The van der Waals surface area contributed by atoms with Crippen LogP contribution < -0.4 is 11.0 Å². The Kier molecular flexibility index (Phi) is 4.51. The second-order valence-corrected chi connectivity index (χ2v) is 6.86. The number of benzene rings is 1. The van der Waals surface area contributed by atoms with Crippen molar-refractivity contribution in [3.05, 3.63) is 63.3 Å². The molecule has 1 amide bonds. The van der Waals surface area contributed by atoms with Crippen LogP contribution in [-0.2, 0) is 13.0 Å². The predicted octanol–water partition coefficient (Wildman–Crippen LogP) is 2.26. The van der Waals surface area contributed by atoms with Gasteiger partial charge in [0, 0.05) is 18.9 Å². The molecule has 0 saturated heterocycles. The second-order valence-electron chi connectivity index (χ2n) is 5.86. The van der Waals surface area contributed by atoms with Crippen molar-refractivity contribution in [2.75, 3.05) is 0 Å². The zero-order valence-corrected chi connectivity index (χ0v) is 15.3. The molecular formula is C18H16N6O2S. The lowest BCUT2D eigenvalue weighted by Crippen LogP contribution is -2.22. The number of H-pyrrole nitrogens is 2. The van der Waals surface area contributed by atoms with Crippen LogP contribution >= 0.6 is 11.3 Å². The largest absolute Gasteiger partial charge is 0.347 e. The van der Waals surface area contributed by atoms with Gasteiger partial charge in [0.2, 0.25) is 0 Å². The van der Waals surface area contributed by atoms with Crippen LogP contribution in [0.4, 0.5) is 0 Å². The average molecular weight is 380 g/mol. The van der Waals surface area contributed by atoms with Crippen molar-refractivity contribution in [1.82, 2.24) is 30.2 Å². The summed E-state index contributed by atoms with van der Waals surface area (Å²) in [5, 5.41) is 3.54. The highest BCUT2D eigenvalue weighted by atomic mass is 32.1. The number of aromatic nitrogens is 5. The molecule has 4 rings (SSSR count). The quantitative estimate of drug-likeness (QED) is 0.491. The highest BCUT2D eigenvalue weighted by Crippen LogP contribution is 2.26. The number of nitrogens with one attached hydrogen (secondary N) is 3. The van der Waals surface area contributed by atoms with E-state index in [9.17, 15) is 9.59 Å². The van der Waals surface area contributed by atoms with E-state index in [1.165, 1.54) is 11.3 Å². The van der Waals surface area contributed by atoms with Crippen molar-refractivity contribution >= 4 is 28.3 Å². The number of fused-ring (bicyclic) bond motifs is 1. The normalized spacial score (nSPS) is 11.0. The highest BCUT2D eigenvalue weighted by Gasteiger charge is 2.18. The number of aromatic amines is 2. The minimum absolute atomic E-state index is 0.186. The topological polar surface area (TPSA) is 116 Å². The Morgan fingerprint density at radius 3 is 2.74 bits per heavy atom. The number of thiazole rings is 1. The lowest BCUT2D eigenvalue weighted by Gasteiger charge is -2.05. The van der Waals surface area contributed by atoms with Gasteiger partial charge in [-0.3, -0.25) is 4.79 Å². The summed E-state index contributed by atoms with van der Waals surface area (Å²) in [5.74, 6) is 0.326. The molecule has 136 valence electrons.